The number of H-pyrrole nitrogens is 1. The third-order valence-corrected chi connectivity index (χ3v) is 8.58. The van der Waals surface area contributed by atoms with Crippen LogP contribution in [0.5, 0.6) is 0 Å². The third kappa shape index (κ3) is 6.00. The first-order chi connectivity index (χ1) is 19.6. The van der Waals surface area contributed by atoms with E-state index in [1.54, 1.807) is 0 Å². The molecule has 41 heavy (non-hydrogen) atoms. The van der Waals surface area contributed by atoms with Crippen LogP contribution in [0.3, 0.4) is 0 Å². The molecular formula is C32H42N4O5. The van der Waals surface area contributed by atoms with Gasteiger partial charge in [-0.1, -0.05) is 6.07 Å². The van der Waals surface area contributed by atoms with Crippen LogP contribution in [0.1, 0.15) is 61.9 Å². The van der Waals surface area contributed by atoms with Gasteiger partial charge in [-0.25, -0.2) is 9.78 Å². The molecule has 6 rings (SSSR count). The highest BCUT2D eigenvalue weighted by Crippen LogP contribution is 2.38. The minimum atomic E-state index is -0.734. The van der Waals surface area contributed by atoms with E-state index < -0.39 is 11.2 Å². The summed E-state index contributed by atoms with van der Waals surface area (Å²) in [4.78, 5) is 25.5. The highest BCUT2D eigenvalue weighted by Gasteiger charge is 2.37. The summed E-state index contributed by atoms with van der Waals surface area (Å²) in [5, 5.41) is 12.4. The van der Waals surface area contributed by atoms with Gasteiger partial charge in [-0.05, 0) is 74.1 Å². The zero-order valence-electron chi connectivity index (χ0n) is 24.7. The van der Waals surface area contributed by atoms with Crippen molar-refractivity contribution in [2.24, 2.45) is 0 Å². The predicted octanol–water partition coefficient (Wildman–Crippen LogP) is 4.75. The molecule has 9 nitrogen and oxygen atoms in total. The summed E-state index contributed by atoms with van der Waals surface area (Å²) >= 11 is 0. The molecule has 1 aromatic carbocycles. The maximum absolute atomic E-state index is 13.4. The molecule has 3 aliphatic rings. The number of fused-ring (bicyclic) bond motifs is 2. The normalized spacial score (nSPS) is 21.6. The molecule has 2 saturated heterocycles. The zero-order chi connectivity index (χ0) is 28.8. The van der Waals surface area contributed by atoms with Crippen molar-refractivity contribution in [3.8, 4) is 11.1 Å². The predicted molar refractivity (Wildman–Crippen MR) is 157 cm³/mol. The van der Waals surface area contributed by atoms with Crippen LogP contribution in [-0.4, -0.2) is 88.2 Å². The average Bonchev–Trinajstić information content (AvgIpc) is 3.31. The van der Waals surface area contributed by atoms with E-state index in [0.29, 0.717) is 58.9 Å². The molecule has 2 fully saturated rings. The maximum atomic E-state index is 13.4. The number of benzene rings is 1. The molecule has 2 aromatic heterocycles. The Bertz CT molecular complexity index is 1420. The van der Waals surface area contributed by atoms with Gasteiger partial charge in [0.05, 0.1) is 24.9 Å². The molecule has 1 amide bonds. The molecule has 2 N–H and O–H groups in total. The Balaban J connectivity index is 1.40. The lowest BCUT2D eigenvalue weighted by atomic mass is 9.86. The molecule has 5 heterocycles. The standard InChI is InChI=1S/C32H42N4O5/c1-21-16-33-29-25(21)15-24(17-34-29)23-13-22-5-8-35(20-32(38)6-10-39-11-7-32)18-27(22)26(14-23)28-19-40-12-9-36(28)30(37)41-31(2,3)4/h13-17,28,38H,5-12,18-20H2,1-4H3,(H,33,34)/t28-/m0/s1. The van der Waals surface area contributed by atoms with Gasteiger partial charge in [-0.3, -0.25) is 9.80 Å². The number of nitrogens with one attached hydrogen (secondary N) is 1. The number of morpholine rings is 1. The van der Waals surface area contributed by atoms with Crippen molar-refractivity contribution in [3.63, 3.8) is 0 Å². The molecule has 0 saturated carbocycles. The monoisotopic (exact) mass is 562 g/mol. The molecule has 1 atom stereocenters. The van der Waals surface area contributed by atoms with Crippen LogP contribution in [0.15, 0.2) is 30.6 Å². The number of β-amino-alcohol motifs (C(OH)–C–C–N with tert-alkyl or cyclic N) is 1. The maximum Gasteiger partial charge on any atom is 0.410 e. The van der Waals surface area contributed by atoms with Gasteiger partial charge in [-0.15, -0.1) is 0 Å². The number of amides is 1. The number of carbonyl (C=O) groups excluding carboxylic acids is 1. The number of aryl methyl sites for hydroxylation is 1. The summed E-state index contributed by atoms with van der Waals surface area (Å²) in [6, 6.07) is 6.42. The van der Waals surface area contributed by atoms with Gasteiger partial charge in [0.1, 0.15) is 11.2 Å². The van der Waals surface area contributed by atoms with E-state index in [1.165, 1.54) is 11.1 Å². The second-order valence-corrected chi connectivity index (χ2v) is 12.9. The first-order valence-corrected chi connectivity index (χ1v) is 14.8. The molecule has 0 bridgehead atoms. The van der Waals surface area contributed by atoms with E-state index in [4.69, 9.17) is 14.2 Å². The molecule has 220 valence electrons. The minimum Gasteiger partial charge on any atom is -0.444 e. The molecular weight excluding hydrogens is 520 g/mol. The number of aromatic nitrogens is 2. The second kappa shape index (κ2) is 11.0. The number of pyridine rings is 1. The Labute approximate surface area is 241 Å². The van der Waals surface area contributed by atoms with E-state index >= 15 is 0 Å². The number of aliphatic hydroxyl groups is 1. The van der Waals surface area contributed by atoms with Crippen molar-refractivity contribution in [2.45, 2.75) is 70.7 Å². The van der Waals surface area contributed by atoms with Crippen LogP contribution < -0.4 is 0 Å². The second-order valence-electron chi connectivity index (χ2n) is 12.9. The van der Waals surface area contributed by atoms with Gasteiger partial charge in [0, 0.05) is 75.6 Å². The number of hydrogen-bond donors (Lipinski definition) is 2. The Kier molecular flexibility index (Phi) is 7.57. The fourth-order valence-electron chi connectivity index (χ4n) is 6.37. The quantitative estimate of drug-likeness (QED) is 0.474. The molecule has 0 spiro atoms. The van der Waals surface area contributed by atoms with Gasteiger partial charge < -0.3 is 24.3 Å². The topological polar surface area (TPSA) is 100 Å². The van der Waals surface area contributed by atoms with Crippen molar-refractivity contribution in [2.75, 3.05) is 46.1 Å². The van der Waals surface area contributed by atoms with E-state index in [9.17, 15) is 9.90 Å². The van der Waals surface area contributed by atoms with Crippen LogP contribution in [0.25, 0.3) is 22.2 Å². The molecule has 0 unspecified atom stereocenters. The third-order valence-electron chi connectivity index (χ3n) is 8.58. The number of rotatable bonds is 4. The number of carbonyl (C=O) groups is 1. The van der Waals surface area contributed by atoms with Crippen LogP contribution in [0, 0.1) is 6.92 Å². The van der Waals surface area contributed by atoms with Gasteiger partial charge in [-0.2, -0.15) is 0 Å². The molecule has 9 heteroatoms. The van der Waals surface area contributed by atoms with Crippen molar-refractivity contribution < 1.29 is 24.1 Å². The van der Waals surface area contributed by atoms with Crippen LogP contribution >= 0.6 is 0 Å². The van der Waals surface area contributed by atoms with Crippen molar-refractivity contribution in [3.05, 3.63) is 52.8 Å². The zero-order valence-corrected chi connectivity index (χ0v) is 24.7. The lowest BCUT2D eigenvalue weighted by Crippen LogP contribution is -2.49. The van der Waals surface area contributed by atoms with Crippen LogP contribution in [0.4, 0.5) is 4.79 Å². The van der Waals surface area contributed by atoms with E-state index in [-0.39, 0.29) is 12.1 Å². The molecule has 3 aromatic rings. The largest absolute Gasteiger partial charge is 0.444 e. The lowest BCUT2D eigenvalue weighted by molar-refractivity contribution is -0.0816. The summed E-state index contributed by atoms with van der Waals surface area (Å²) in [6.07, 6.45) is 5.75. The number of hydrogen-bond acceptors (Lipinski definition) is 7. The highest BCUT2D eigenvalue weighted by atomic mass is 16.6. The van der Waals surface area contributed by atoms with E-state index in [0.717, 1.165) is 46.3 Å². The lowest BCUT2D eigenvalue weighted by Gasteiger charge is -2.41. The Hall–Kier alpha value is -2.98. The van der Waals surface area contributed by atoms with Gasteiger partial charge in [0.25, 0.3) is 0 Å². The molecule has 0 radical (unpaired) electrons. The van der Waals surface area contributed by atoms with Gasteiger partial charge in [0.2, 0.25) is 0 Å². The fourth-order valence-corrected chi connectivity index (χ4v) is 6.37. The van der Waals surface area contributed by atoms with E-state index in [2.05, 4.69) is 40.0 Å². The summed E-state index contributed by atoms with van der Waals surface area (Å²) in [5.41, 5.74) is 6.41. The highest BCUT2D eigenvalue weighted by molar-refractivity contribution is 5.84. The summed E-state index contributed by atoms with van der Waals surface area (Å²) in [7, 11) is 0. The summed E-state index contributed by atoms with van der Waals surface area (Å²) in [6.45, 7) is 12.5. The number of aromatic amines is 1. The molecule has 3 aliphatic heterocycles. The SMILES string of the molecule is Cc1c[nH]c2ncc(-c3cc4c(c([C@@H]5COCCN5C(=O)OC(C)(C)C)c3)CN(CC3(O)CCOCC3)CC4)cc12. The Morgan fingerprint density at radius 1 is 1.15 bits per heavy atom. The van der Waals surface area contributed by atoms with Crippen molar-refractivity contribution in [1.29, 1.82) is 0 Å². The fraction of sp³-hybridized carbons (Fsp3) is 0.562. The van der Waals surface area contributed by atoms with Gasteiger partial charge in [0.15, 0.2) is 0 Å². The summed E-state index contributed by atoms with van der Waals surface area (Å²) in [5.74, 6) is 0. The summed E-state index contributed by atoms with van der Waals surface area (Å²) < 4.78 is 17.3. The van der Waals surface area contributed by atoms with Crippen LogP contribution in [-0.2, 0) is 27.2 Å². The average molecular weight is 563 g/mol. The number of nitrogens with zero attached hydrogens (tertiary/aromatic N) is 3. The minimum absolute atomic E-state index is 0.274. The molecule has 0 aliphatic carbocycles. The smallest absolute Gasteiger partial charge is 0.410 e. The van der Waals surface area contributed by atoms with Crippen LogP contribution in [0.2, 0.25) is 0 Å². The van der Waals surface area contributed by atoms with Gasteiger partial charge >= 0.3 is 6.09 Å². The number of ether oxygens (including phenoxy) is 3. The Morgan fingerprint density at radius 2 is 1.95 bits per heavy atom. The Morgan fingerprint density at radius 3 is 2.73 bits per heavy atom. The van der Waals surface area contributed by atoms with E-state index in [1.807, 2.05) is 38.1 Å². The first kappa shape index (κ1) is 28.2. The van der Waals surface area contributed by atoms with Crippen molar-refractivity contribution in [1.82, 2.24) is 19.8 Å². The van der Waals surface area contributed by atoms with Crippen molar-refractivity contribution >= 4 is 17.1 Å². The first-order valence-electron chi connectivity index (χ1n) is 14.8.